The molecule has 118 valence electrons. The molecule has 22 heavy (non-hydrogen) atoms. The van der Waals surface area contributed by atoms with E-state index in [1.807, 2.05) is 14.1 Å². The Hall–Kier alpha value is -2.37. The number of hydrogen-bond donors (Lipinski definition) is 1. The van der Waals surface area contributed by atoms with Crippen LogP contribution in [0.15, 0.2) is 24.5 Å². The Labute approximate surface area is 130 Å². The number of aryl methyl sites for hydroxylation is 1. The van der Waals surface area contributed by atoms with Gasteiger partial charge in [-0.2, -0.15) is 0 Å². The zero-order valence-electron chi connectivity index (χ0n) is 12.9. The number of ketones is 1. The lowest BCUT2D eigenvalue weighted by Gasteiger charge is -2.17. The number of amides is 1. The number of fused-ring (bicyclic) bond motifs is 1. The van der Waals surface area contributed by atoms with Crippen molar-refractivity contribution in [3.8, 4) is 0 Å². The van der Waals surface area contributed by atoms with E-state index in [4.69, 9.17) is 10.5 Å². The minimum Gasteiger partial charge on any atom is -0.441 e. The average Bonchev–Trinajstić information content (AvgIpc) is 2.66. The first-order valence-electron chi connectivity index (χ1n) is 7.31. The molecule has 2 N–H and O–H groups in total. The first-order valence-corrected chi connectivity index (χ1v) is 7.31. The van der Waals surface area contributed by atoms with E-state index in [0.29, 0.717) is 5.69 Å². The predicted octanol–water partition coefficient (Wildman–Crippen LogP) is 2.20. The third kappa shape index (κ3) is 4.07. The van der Waals surface area contributed by atoms with Crippen molar-refractivity contribution in [2.24, 2.45) is 5.73 Å². The number of aromatic nitrogens is 1. The molecule has 6 nitrogen and oxygen atoms in total. The van der Waals surface area contributed by atoms with Crippen molar-refractivity contribution in [1.29, 1.82) is 0 Å². The van der Waals surface area contributed by atoms with Crippen molar-refractivity contribution in [3.05, 3.63) is 41.4 Å². The first kappa shape index (κ1) is 16.0. The molecule has 0 radical (unpaired) electrons. The van der Waals surface area contributed by atoms with Gasteiger partial charge in [0, 0.05) is 38.1 Å². The molecule has 2 rings (SSSR count). The highest BCUT2D eigenvalue weighted by Crippen LogP contribution is 2.31. The van der Waals surface area contributed by atoms with E-state index in [1.54, 1.807) is 23.4 Å². The van der Waals surface area contributed by atoms with Crippen LogP contribution in [0, 0.1) is 0 Å². The van der Waals surface area contributed by atoms with E-state index in [1.165, 1.54) is 6.08 Å². The molecule has 1 unspecified atom stereocenters. The summed E-state index contributed by atoms with van der Waals surface area (Å²) >= 11 is 0. The van der Waals surface area contributed by atoms with Gasteiger partial charge in [-0.05, 0) is 37.3 Å². The number of carbonyl (C=O) groups is 2. The summed E-state index contributed by atoms with van der Waals surface area (Å²) in [6.07, 6.45) is 7.14. The Balaban J connectivity index is 2.27. The van der Waals surface area contributed by atoms with Crippen LogP contribution in [0.1, 0.15) is 47.0 Å². The highest BCUT2D eigenvalue weighted by atomic mass is 16.6. The molecule has 0 fully saturated rings. The summed E-state index contributed by atoms with van der Waals surface area (Å²) < 4.78 is 5.17. The van der Waals surface area contributed by atoms with Crippen LogP contribution in [0.2, 0.25) is 0 Å². The molecule has 6 heteroatoms. The van der Waals surface area contributed by atoms with Gasteiger partial charge in [0.15, 0.2) is 0 Å². The molecular formula is C16H21N3O3. The zero-order valence-corrected chi connectivity index (χ0v) is 12.9. The molecule has 1 heterocycles. The van der Waals surface area contributed by atoms with Gasteiger partial charge in [0.05, 0.1) is 0 Å². The van der Waals surface area contributed by atoms with Gasteiger partial charge < -0.3 is 15.4 Å². The van der Waals surface area contributed by atoms with Gasteiger partial charge in [0.25, 0.3) is 0 Å². The number of nitrogens with zero attached hydrogens (tertiary/aromatic N) is 2. The minimum absolute atomic E-state index is 0.145. The number of primary amides is 1. The minimum atomic E-state index is -0.785. The SMILES string of the molecule is CN(C)C=CC(=O)c1cc2c(cn1)C(OC(N)=O)CCCC2. The average molecular weight is 303 g/mol. The molecule has 0 aromatic carbocycles. The van der Waals surface area contributed by atoms with Gasteiger partial charge in [-0.25, -0.2) is 4.79 Å². The Morgan fingerprint density at radius 3 is 2.86 bits per heavy atom. The fourth-order valence-corrected chi connectivity index (χ4v) is 2.51. The van der Waals surface area contributed by atoms with Crippen molar-refractivity contribution in [3.63, 3.8) is 0 Å². The molecule has 1 aliphatic rings. The summed E-state index contributed by atoms with van der Waals surface area (Å²) in [4.78, 5) is 29.1. The first-order chi connectivity index (χ1) is 10.5. The van der Waals surface area contributed by atoms with Crippen LogP contribution < -0.4 is 5.73 Å². The van der Waals surface area contributed by atoms with Crippen molar-refractivity contribution in [2.75, 3.05) is 14.1 Å². The van der Waals surface area contributed by atoms with Gasteiger partial charge in [-0.3, -0.25) is 9.78 Å². The number of pyridine rings is 1. The van der Waals surface area contributed by atoms with E-state index in [2.05, 4.69) is 4.98 Å². The number of allylic oxidation sites excluding steroid dienone is 1. The van der Waals surface area contributed by atoms with Crippen LogP contribution in [0.3, 0.4) is 0 Å². The molecule has 0 aliphatic heterocycles. The lowest BCUT2D eigenvalue weighted by Crippen LogP contribution is -2.18. The molecule has 0 spiro atoms. The fraction of sp³-hybridized carbons (Fsp3) is 0.438. The third-order valence-electron chi connectivity index (χ3n) is 3.57. The maximum atomic E-state index is 12.1. The molecule has 1 aromatic rings. The van der Waals surface area contributed by atoms with E-state index in [9.17, 15) is 9.59 Å². The Morgan fingerprint density at radius 1 is 1.41 bits per heavy atom. The summed E-state index contributed by atoms with van der Waals surface area (Å²) in [6.45, 7) is 0. The third-order valence-corrected chi connectivity index (χ3v) is 3.57. The molecule has 1 amide bonds. The largest absolute Gasteiger partial charge is 0.441 e. The highest BCUT2D eigenvalue weighted by Gasteiger charge is 2.23. The Bertz CT molecular complexity index is 596. The number of ether oxygens (including phenoxy) is 1. The monoisotopic (exact) mass is 303 g/mol. The maximum Gasteiger partial charge on any atom is 0.405 e. The van der Waals surface area contributed by atoms with Crippen LogP contribution in [0.25, 0.3) is 0 Å². The van der Waals surface area contributed by atoms with Crippen LogP contribution in [0.4, 0.5) is 4.79 Å². The van der Waals surface area contributed by atoms with E-state index in [-0.39, 0.29) is 11.9 Å². The summed E-state index contributed by atoms with van der Waals surface area (Å²) in [5.74, 6) is -0.145. The van der Waals surface area contributed by atoms with Gasteiger partial charge in [-0.15, -0.1) is 0 Å². The highest BCUT2D eigenvalue weighted by molar-refractivity contribution is 6.03. The van der Waals surface area contributed by atoms with Crippen molar-refractivity contribution < 1.29 is 14.3 Å². The summed E-state index contributed by atoms with van der Waals surface area (Å²) in [5.41, 5.74) is 7.38. The molecule has 1 aromatic heterocycles. The van der Waals surface area contributed by atoms with E-state index < -0.39 is 6.09 Å². The molecule has 0 saturated carbocycles. The fourth-order valence-electron chi connectivity index (χ4n) is 2.51. The number of rotatable bonds is 4. The molecule has 0 saturated heterocycles. The predicted molar refractivity (Wildman–Crippen MR) is 82.4 cm³/mol. The molecular weight excluding hydrogens is 282 g/mol. The van der Waals surface area contributed by atoms with Gasteiger partial charge >= 0.3 is 6.09 Å². The number of carbonyl (C=O) groups excluding carboxylic acids is 2. The quantitative estimate of drug-likeness (QED) is 0.523. The maximum absolute atomic E-state index is 12.1. The van der Waals surface area contributed by atoms with Gasteiger partial charge in [0.2, 0.25) is 5.78 Å². The molecule has 1 aliphatic carbocycles. The molecule has 1 atom stereocenters. The lowest BCUT2D eigenvalue weighted by molar-refractivity contribution is 0.0998. The second-order valence-electron chi connectivity index (χ2n) is 5.58. The molecule has 0 bridgehead atoms. The smallest absolute Gasteiger partial charge is 0.405 e. The van der Waals surface area contributed by atoms with Crippen LogP contribution in [0.5, 0.6) is 0 Å². The lowest BCUT2D eigenvalue weighted by atomic mass is 10.0. The topological polar surface area (TPSA) is 85.5 Å². The standard InChI is InChI=1S/C16H21N3O3/c1-19(2)8-7-14(20)13-9-11-5-3-4-6-15(22-16(17)21)12(11)10-18-13/h7-10,15H,3-6H2,1-2H3,(H2,17,21). The van der Waals surface area contributed by atoms with E-state index in [0.717, 1.165) is 36.8 Å². The Morgan fingerprint density at radius 2 is 2.18 bits per heavy atom. The number of hydrogen-bond acceptors (Lipinski definition) is 5. The zero-order chi connectivity index (χ0) is 16.1. The number of nitrogens with two attached hydrogens (primary N) is 1. The second-order valence-corrected chi connectivity index (χ2v) is 5.58. The summed E-state index contributed by atoms with van der Waals surface area (Å²) in [6, 6.07) is 1.79. The second kappa shape index (κ2) is 7.06. The van der Waals surface area contributed by atoms with Crippen LogP contribution >= 0.6 is 0 Å². The van der Waals surface area contributed by atoms with Crippen molar-refractivity contribution in [2.45, 2.75) is 31.8 Å². The van der Waals surface area contributed by atoms with Crippen LogP contribution in [-0.2, 0) is 11.2 Å². The Kier molecular flexibility index (Phi) is 5.14. The van der Waals surface area contributed by atoms with E-state index >= 15 is 0 Å². The normalized spacial score (nSPS) is 17.6. The van der Waals surface area contributed by atoms with Gasteiger partial charge in [-0.1, -0.05) is 0 Å². The van der Waals surface area contributed by atoms with Crippen LogP contribution in [-0.4, -0.2) is 35.9 Å². The van der Waals surface area contributed by atoms with Crippen molar-refractivity contribution in [1.82, 2.24) is 9.88 Å². The van der Waals surface area contributed by atoms with Gasteiger partial charge in [0.1, 0.15) is 11.8 Å². The summed E-state index contributed by atoms with van der Waals surface area (Å²) in [5, 5.41) is 0. The summed E-state index contributed by atoms with van der Waals surface area (Å²) in [7, 11) is 3.69. The van der Waals surface area contributed by atoms with Crippen molar-refractivity contribution >= 4 is 11.9 Å².